The van der Waals surface area contributed by atoms with Crippen LogP contribution in [0.5, 0.6) is 5.75 Å². The van der Waals surface area contributed by atoms with Gasteiger partial charge in [0, 0.05) is 5.56 Å². The lowest BCUT2D eigenvalue weighted by atomic mass is 10.2. The number of aromatic nitrogens is 2. The quantitative estimate of drug-likeness (QED) is 0.803. The molecule has 0 saturated carbocycles. The number of carboxylic acids is 1. The zero-order valence-corrected chi connectivity index (χ0v) is 8.12. The Balaban J connectivity index is 2.24. The van der Waals surface area contributed by atoms with E-state index in [1.54, 1.807) is 12.1 Å². The van der Waals surface area contributed by atoms with Crippen molar-refractivity contribution in [3.63, 3.8) is 0 Å². The first-order valence-corrected chi connectivity index (χ1v) is 4.49. The van der Waals surface area contributed by atoms with Crippen LogP contribution in [0.25, 0.3) is 11.4 Å². The molecule has 2 N–H and O–H groups in total. The van der Waals surface area contributed by atoms with Crippen LogP contribution in [0.15, 0.2) is 28.8 Å². The lowest BCUT2D eigenvalue weighted by Crippen LogP contribution is -1.99. The number of hydrogen-bond acceptors (Lipinski definition) is 5. The SMILES string of the molecule is O=C(O)Cc1nc(-c2ccc(O)cc2)no1. The lowest BCUT2D eigenvalue weighted by molar-refractivity contribution is -0.136. The van der Waals surface area contributed by atoms with Crippen molar-refractivity contribution in [1.82, 2.24) is 10.1 Å². The van der Waals surface area contributed by atoms with Crippen LogP contribution >= 0.6 is 0 Å². The van der Waals surface area contributed by atoms with Crippen molar-refractivity contribution in [3.05, 3.63) is 30.2 Å². The van der Waals surface area contributed by atoms with Gasteiger partial charge in [-0.1, -0.05) is 5.16 Å². The second-order valence-corrected chi connectivity index (χ2v) is 3.13. The molecule has 0 unspecified atom stereocenters. The monoisotopic (exact) mass is 220 g/mol. The Morgan fingerprint density at radius 1 is 1.31 bits per heavy atom. The molecular weight excluding hydrogens is 212 g/mol. The first kappa shape index (κ1) is 10.2. The maximum atomic E-state index is 10.4. The minimum Gasteiger partial charge on any atom is -0.508 e. The smallest absolute Gasteiger partial charge is 0.312 e. The van der Waals surface area contributed by atoms with E-state index in [2.05, 4.69) is 10.1 Å². The van der Waals surface area contributed by atoms with Crippen LogP contribution in [0.4, 0.5) is 0 Å². The van der Waals surface area contributed by atoms with E-state index in [-0.39, 0.29) is 18.1 Å². The van der Waals surface area contributed by atoms with Crippen LogP contribution in [-0.4, -0.2) is 26.3 Å². The lowest BCUT2D eigenvalue weighted by Gasteiger charge is -1.93. The maximum absolute atomic E-state index is 10.4. The first-order valence-electron chi connectivity index (χ1n) is 4.49. The minimum absolute atomic E-state index is 0.0515. The van der Waals surface area contributed by atoms with Gasteiger partial charge in [-0.05, 0) is 24.3 Å². The number of nitrogens with zero attached hydrogens (tertiary/aromatic N) is 2. The number of aliphatic carboxylic acids is 1. The zero-order valence-electron chi connectivity index (χ0n) is 8.12. The van der Waals surface area contributed by atoms with E-state index in [0.29, 0.717) is 11.4 Å². The van der Waals surface area contributed by atoms with Crippen LogP contribution in [0.1, 0.15) is 5.89 Å². The van der Waals surface area contributed by atoms with E-state index in [1.165, 1.54) is 12.1 Å². The van der Waals surface area contributed by atoms with Crippen molar-refractivity contribution in [2.24, 2.45) is 0 Å². The van der Waals surface area contributed by atoms with Crippen molar-refractivity contribution < 1.29 is 19.5 Å². The Labute approximate surface area is 90.2 Å². The summed E-state index contributed by atoms with van der Waals surface area (Å²) >= 11 is 0. The van der Waals surface area contributed by atoms with Gasteiger partial charge in [-0.15, -0.1) is 0 Å². The van der Waals surface area contributed by atoms with Crippen LogP contribution in [-0.2, 0) is 11.2 Å². The first-order chi connectivity index (χ1) is 7.65. The van der Waals surface area contributed by atoms with E-state index in [4.69, 9.17) is 14.7 Å². The largest absolute Gasteiger partial charge is 0.508 e. The average Bonchev–Trinajstić information content (AvgIpc) is 2.66. The molecule has 0 spiro atoms. The molecule has 0 bridgehead atoms. The maximum Gasteiger partial charge on any atom is 0.312 e. The van der Waals surface area contributed by atoms with E-state index in [9.17, 15) is 4.79 Å². The van der Waals surface area contributed by atoms with E-state index in [0.717, 1.165) is 0 Å². The number of carboxylic acid groups (broad SMARTS) is 1. The van der Waals surface area contributed by atoms with Crippen LogP contribution in [0.2, 0.25) is 0 Å². The van der Waals surface area contributed by atoms with Gasteiger partial charge >= 0.3 is 5.97 Å². The number of phenolic OH excluding ortho intramolecular Hbond substituents is 1. The van der Waals surface area contributed by atoms with Crippen LogP contribution in [0.3, 0.4) is 0 Å². The highest BCUT2D eigenvalue weighted by Gasteiger charge is 2.11. The molecular formula is C10H8N2O4. The fourth-order valence-electron chi connectivity index (χ4n) is 1.18. The number of aromatic hydroxyl groups is 1. The number of phenols is 1. The highest BCUT2D eigenvalue weighted by atomic mass is 16.5. The van der Waals surface area contributed by atoms with E-state index < -0.39 is 5.97 Å². The highest BCUT2D eigenvalue weighted by molar-refractivity contribution is 5.69. The molecule has 6 heteroatoms. The molecule has 0 aliphatic carbocycles. The fourth-order valence-corrected chi connectivity index (χ4v) is 1.18. The van der Waals surface area contributed by atoms with E-state index >= 15 is 0 Å². The summed E-state index contributed by atoms with van der Waals surface area (Å²) in [4.78, 5) is 14.3. The number of carbonyl (C=O) groups is 1. The van der Waals surface area contributed by atoms with Gasteiger partial charge in [0.1, 0.15) is 12.2 Å². The van der Waals surface area contributed by atoms with Gasteiger partial charge in [0.05, 0.1) is 0 Å². The Morgan fingerprint density at radius 3 is 2.62 bits per heavy atom. The molecule has 1 aromatic carbocycles. The summed E-state index contributed by atoms with van der Waals surface area (Å²) in [5, 5.41) is 21.2. The molecule has 0 atom stereocenters. The second-order valence-electron chi connectivity index (χ2n) is 3.13. The van der Waals surface area contributed by atoms with Gasteiger partial charge in [0.2, 0.25) is 11.7 Å². The molecule has 82 valence electrons. The molecule has 2 aromatic rings. The predicted molar refractivity (Wildman–Crippen MR) is 52.7 cm³/mol. The molecule has 0 saturated heterocycles. The third-order valence-electron chi connectivity index (χ3n) is 1.90. The molecule has 2 rings (SSSR count). The Morgan fingerprint density at radius 2 is 2.00 bits per heavy atom. The highest BCUT2D eigenvalue weighted by Crippen LogP contribution is 2.18. The molecule has 6 nitrogen and oxygen atoms in total. The van der Waals surface area contributed by atoms with Crippen molar-refractivity contribution in [3.8, 4) is 17.1 Å². The van der Waals surface area contributed by atoms with Crippen molar-refractivity contribution in [2.45, 2.75) is 6.42 Å². The predicted octanol–water partition coefficient (Wildman–Crippen LogP) is 1.07. The van der Waals surface area contributed by atoms with Crippen molar-refractivity contribution in [1.29, 1.82) is 0 Å². The van der Waals surface area contributed by atoms with Crippen LogP contribution < -0.4 is 0 Å². The van der Waals surface area contributed by atoms with Gasteiger partial charge in [-0.25, -0.2) is 0 Å². The Bertz CT molecular complexity index is 504. The molecule has 0 amide bonds. The fraction of sp³-hybridized carbons (Fsp3) is 0.100. The summed E-state index contributed by atoms with van der Waals surface area (Å²) in [5.41, 5.74) is 0.651. The second kappa shape index (κ2) is 4.01. The summed E-state index contributed by atoms with van der Waals surface area (Å²) < 4.78 is 4.76. The average molecular weight is 220 g/mol. The Kier molecular flexibility index (Phi) is 2.55. The molecule has 1 heterocycles. The topological polar surface area (TPSA) is 96.5 Å². The van der Waals surface area contributed by atoms with Crippen LogP contribution in [0, 0.1) is 0 Å². The summed E-state index contributed by atoms with van der Waals surface area (Å²) in [6, 6.07) is 6.21. The van der Waals surface area contributed by atoms with Gasteiger partial charge in [-0.3, -0.25) is 4.79 Å². The third kappa shape index (κ3) is 2.17. The third-order valence-corrected chi connectivity index (χ3v) is 1.90. The van der Waals surface area contributed by atoms with Gasteiger partial charge in [0.15, 0.2) is 0 Å². The molecule has 0 fully saturated rings. The molecule has 0 aliphatic heterocycles. The summed E-state index contributed by atoms with van der Waals surface area (Å²) in [6.45, 7) is 0. The standard InChI is InChI=1S/C10H8N2O4/c13-7-3-1-6(2-4-7)10-11-8(16-12-10)5-9(14)15/h1-4,13H,5H2,(H,14,15). The summed E-state index contributed by atoms with van der Waals surface area (Å²) in [6.07, 6.45) is -0.301. The molecule has 0 aliphatic rings. The van der Waals surface area contributed by atoms with Gasteiger partial charge < -0.3 is 14.7 Å². The van der Waals surface area contributed by atoms with E-state index in [1.807, 2.05) is 0 Å². The Hall–Kier alpha value is -2.37. The van der Waals surface area contributed by atoms with Crippen molar-refractivity contribution in [2.75, 3.05) is 0 Å². The van der Waals surface area contributed by atoms with Gasteiger partial charge in [-0.2, -0.15) is 4.98 Å². The number of hydrogen-bond donors (Lipinski definition) is 2. The molecule has 1 aromatic heterocycles. The number of benzene rings is 1. The van der Waals surface area contributed by atoms with Gasteiger partial charge in [0.25, 0.3) is 0 Å². The van der Waals surface area contributed by atoms with Crippen molar-refractivity contribution >= 4 is 5.97 Å². The minimum atomic E-state index is -1.03. The normalized spacial score (nSPS) is 10.2. The summed E-state index contributed by atoms with van der Waals surface area (Å²) in [7, 11) is 0. The molecule has 16 heavy (non-hydrogen) atoms. The molecule has 0 radical (unpaired) electrons. The zero-order chi connectivity index (χ0) is 11.5. The summed E-state index contributed by atoms with van der Waals surface area (Å²) in [5.74, 6) is -0.536. The number of rotatable bonds is 3.